The van der Waals surface area contributed by atoms with E-state index in [0.29, 0.717) is 17.4 Å². The second-order valence-electron chi connectivity index (χ2n) is 3.04. The van der Waals surface area contributed by atoms with Crippen molar-refractivity contribution in [3.05, 3.63) is 35.9 Å². The highest BCUT2D eigenvalue weighted by Crippen LogP contribution is 2.23. The maximum absolute atomic E-state index is 11.5. The molecule has 0 fully saturated rings. The molecule has 0 radical (unpaired) electrons. The van der Waals surface area contributed by atoms with Crippen LogP contribution in [-0.2, 0) is 4.74 Å². The molecule has 0 aliphatic rings. The molecule has 0 spiro atoms. The summed E-state index contributed by atoms with van der Waals surface area (Å²) in [5.74, 6) is -0.246. The quantitative estimate of drug-likeness (QED) is 0.585. The van der Waals surface area contributed by atoms with Gasteiger partial charge >= 0.3 is 5.97 Å². The predicted molar refractivity (Wildman–Crippen MR) is 67.3 cm³/mol. The number of esters is 1. The van der Waals surface area contributed by atoms with E-state index >= 15 is 0 Å². The number of hydrogen-bond acceptors (Lipinski definition) is 4. The Kier molecular flexibility index (Phi) is 5.65. The largest absolute Gasteiger partial charge is 0.461 e. The molecule has 1 rings (SSSR count). The topological polar surface area (TPSA) is 26.3 Å². The lowest BCUT2D eigenvalue weighted by Crippen LogP contribution is -2.12. The number of carbonyl (C=O) groups is 1. The van der Waals surface area contributed by atoms with E-state index < -0.39 is 0 Å². The average molecular weight is 242 g/mol. The molecule has 4 heteroatoms. The van der Waals surface area contributed by atoms with E-state index in [2.05, 4.69) is 0 Å². The van der Waals surface area contributed by atoms with E-state index in [1.54, 1.807) is 33.7 Å². The number of carbonyl (C=O) groups excluding carboxylic acids is 1. The van der Waals surface area contributed by atoms with Gasteiger partial charge in [0, 0.05) is 5.25 Å². The van der Waals surface area contributed by atoms with Crippen molar-refractivity contribution in [1.82, 2.24) is 0 Å². The molecule has 0 heterocycles. The van der Waals surface area contributed by atoms with Crippen molar-refractivity contribution in [3.63, 3.8) is 0 Å². The van der Waals surface area contributed by atoms with E-state index in [1.165, 1.54) is 0 Å². The van der Waals surface area contributed by atoms with Crippen molar-refractivity contribution >= 4 is 27.6 Å². The minimum Gasteiger partial charge on any atom is -0.461 e. The molecule has 0 aromatic heterocycles. The van der Waals surface area contributed by atoms with Crippen molar-refractivity contribution in [2.45, 2.75) is 12.2 Å². The normalized spacial score (nSPS) is 12.1. The molecule has 1 unspecified atom stereocenters. The van der Waals surface area contributed by atoms with Gasteiger partial charge in [0.15, 0.2) is 0 Å². The minimum atomic E-state index is -0.246. The molecule has 1 atom stereocenters. The predicted octanol–water partition coefficient (Wildman–Crippen LogP) is 3.24. The first kappa shape index (κ1) is 12.5. The number of rotatable bonds is 5. The molecular formula is C11H14O2S2. The second-order valence-corrected chi connectivity index (χ2v) is 5.95. The molecule has 82 valence electrons. The molecule has 0 saturated heterocycles. The van der Waals surface area contributed by atoms with Gasteiger partial charge in [0.2, 0.25) is 0 Å². The summed E-state index contributed by atoms with van der Waals surface area (Å²) in [5, 5.41) is 0.327. The van der Waals surface area contributed by atoms with Crippen LogP contribution in [0.15, 0.2) is 30.3 Å². The van der Waals surface area contributed by atoms with Crippen LogP contribution < -0.4 is 0 Å². The summed E-state index contributed by atoms with van der Waals surface area (Å²) < 4.78 is 5.17. The SMILES string of the molecule is CSSC(C)COC(=O)c1ccccc1. The first-order valence-corrected chi connectivity index (χ1v) is 7.28. The molecule has 15 heavy (non-hydrogen) atoms. The number of benzene rings is 1. The Morgan fingerprint density at radius 3 is 2.67 bits per heavy atom. The standard InChI is InChI=1S/C11H14O2S2/c1-9(15-14-2)8-13-11(12)10-6-4-3-5-7-10/h3-7,9H,8H2,1-2H3. The lowest BCUT2D eigenvalue weighted by Gasteiger charge is -2.09. The minimum absolute atomic E-state index is 0.246. The van der Waals surface area contributed by atoms with Crippen LogP contribution in [0.3, 0.4) is 0 Å². The van der Waals surface area contributed by atoms with Crippen molar-refractivity contribution in [1.29, 1.82) is 0 Å². The molecule has 0 bridgehead atoms. The van der Waals surface area contributed by atoms with Crippen LogP contribution >= 0.6 is 21.6 Å². The lowest BCUT2D eigenvalue weighted by molar-refractivity contribution is 0.0510. The summed E-state index contributed by atoms with van der Waals surface area (Å²) >= 11 is 0. The summed E-state index contributed by atoms with van der Waals surface area (Å²) in [6.07, 6.45) is 2.01. The van der Waals surface area contributed by atoms with E-state index in [0.717, 1.165) is 0 Å². The van der Waals surface area contributed by atoms with Crippen LogP contribution in [0.5, 0.6) is 0 Å². The fourth-order valence-corrected chi connectivity index (χ4v) is 2.65. The summed E-state index contributed by atoms with van der Waals surface area (Å²) in [6.45, 7) is 2.50. The second kappa shape index (κ2) is 6.80. The third kappa shape index (κ3) is 4.62. The van der Waals surface area contributed by atoms with Crippen LogP contribution in [-0.4, -0.2) is 24.1 Å². The van der Waals surface area contributed by atoms with Gasteiger partial charge in [-0.2, -0.15) is 0 Å². The van der Waals surface area contributed by atoms with Gasteiger partial charge in [-0.3, -0.25) is 0 Å². The van der Waals surface area contributed by atoms with Gasteiger partial charge in [-0.05, 0) is 25.3 Å². The summed E-state index contributed by atoms with van der Waals surface area (Å²) in [6, 6.07) is 9.06. The molecule has 0 amide bonds. The fraction of sp³-hybridized carbons (Fsp3) is 0.364. The van der Waals surface area contributed by atoms with E-state index in [9.17, 15) is 4.79 Å². The Morgan fingerprint density at radius 1 is 1.40 bits per heavy atom. The monoisotopic (exact) mass is 242 g/mol. The molecular weight excluding hydrogens is 228 g/mol. The maximum atomic E-state index is 11.5. The Labute approximate surface area is 98.2 Å². The Bertz CT molecular complexity index is 301. The Morgan fingerprint density at radius 2 is 2.07 bits per heavy atom. The highest BCUT2D eigenvalue weighted by atomic mass is 33.1. The first-order chi connectivity index (χ1) is 7.24. The summed E-state index contributed by atoms with van der Waals surface area (Å²) in [4.78, 5) is 11.5. The van der Waals surface area contributed by atoms with Gasteiger partial charge in [0.05, 0.1) is 5.56 Å². The highest BCUT2D eigenvalue weighted by Gasteiger charge is 2.08. The van der Waals surface area contributed by atoms with Crippen molar-refractivity contribution in [2.24, 2.45) is 0 Å². The van der Waals surface area contributed by atoms with E-state index in [-0.39, 0.29) is 5.97 Å². The van der Waals surface area contributed by atoms with E-state index in [4.69, 9.17) is 4.74 Å². The summed E-state index contributed by atoms with van der Waals surface area (Å²) in [5.41, 5.74) is 0.610. The van der Waals surface area contributed by atoms with Gasteiger partial charge in [-0.1, -0.05) is 39.8 Å². The van der Waals surface area contributed by atoms with Crippen LogP contribution in [0.4, 0.5) is 0 Å². The third-order valence-corrected chi connectivity index (χ3v) is 3.94. The van der Waals surface area contributed by atoms with Crippen LogP contribution in [0.1, 0.15) is 17.3 Å². The zero-order chi connectivity index (χ0) is 11.1. The van der Waals surface area contributed by atoms with Crippen LogP contribution in [0.25, 0.3) is 0 Å². The van der Waals surface area contributed by atoms with Gasteiger partial charge in [-0.25, -0.2) is 4.79 Å². The molecule has 1 aromatic rings. The number of ether oxygens (including phenoxy) is 1. The Hall–Kier alpha value is -0.610. The van der Waals surface area contributed by atoms with Gasteiger partial charge in [0.1, 0.15) is 6.61 Å². The molecule has 0 aliphatic carbocycles. The van der Waals surface area contributed by atoms with Crippen molar-refractivity contribution in [2.75, 3.05) is 12.9 Å². The lowest BCUT2D eigenvalue weighted by atomic mass is 10.2. The average Bonchev–Trinajstić information content (AvgIpc) is 2.27. The molecule has 1 aromatic carbocycles. The van der Waals surface area contributed by atoms with E-state index in [1.807, 2.05) is 31.4 Å². The fourth-order valence-electron chi connectivity index (χ4n) is 1.04. The third-order valence-electron chi connectivity index (χ3n) is 1.72. The zero-order valence-electron chi connectivity index (χ0n) is 8.80. The first-order valence-electron chi connectivity index (χ1n) is 4.65. The van der Waals surface area contributed by atoms with Gasteiger partial charge < -0.3 is 4.74 Å². The smallest absolute Gasteiger partial charge is 0.338 e. The van der Waals surface area contributed by atoms with Crippen LogP contribution in [0, 0.1) is 0 Å². The number of hydrogen-bond donors (Lipinski definition) is 0. The summed E-state index contributed by atoms with van der Waals surface area (Å²) in [7, 11) is 3.39. The molecule has 0 N–H and O–H groups in total. The molecule has 0 saturated carbocycles. The van der Waals surface area contributed by atoms with Crippen LogP contribution in [0.2, 0.25) is 0 Å². The maximum Gasteiger partial charge on any atom is 0.338 e. The molecule has 2 nitrogen and oxygen atoms in total. The van der Waals surface area contributed by atoms with Crippen molar-refractivity contribution in [3.8, 4) is 0 Å². The zero-order valence-corrected chi connectivity index (χ0v) is 10.4. The van der Waals surface area contributed by atoms with Gasteiger partial charge in [0.25, 0.3) is 0 Å². The Balaban J connectivity index is 2.37. The van der Waals surface area contributed by atoms with Crippen molar-refractivity contribution < 1.29 is 9.53 Å². The molecule has 0 aliphatic heterocycles. The highest BCUT2D eigenvalue weighted by molar-refractivity contribution is 8.76. The van der Waals surface area contributed by atoms with Gasteiger partial charge in [-0.15, -0.1) is 0 Å².